The van der Waals surface area contributed by atoms with Crippen molar-refractivity contribution in [2.75, 3.05) is 0 Å². The first-order chi connectivity index (χ1) is 12.1. The third-order valence-corrected chi connectivity index (χ3v) is 4.65. The quantitative estimate of drug-likeness (QED) is 0.852. The minimum absolute atomic E-state index is 0.274. The van der Waals surface area contributed by atoms with E-state index >= 15 is 0 Å². The van der Waals surface area contributed by atoms with Gasteiger partial charge in [-0.3, -0.25) is 9.59 Å². The van der Waals surface area contributed by atoms with Gasteiger partial charge in [0.25, 0.3) is 11.5 Å². The Hall–Kier alpha value is -2.57. The second-order valence-corrected chi connectivity index (χ2v) is 6.89. The zero-order chi connectivity index (χ0) is 19.1. The fraction of sp³-hybridized carbons (Fsp3) is 0.368. The molecule has 2 atom stereocenters. The molecule has 7 heteroatoms. The van der Waals surface area contributed by atoms with E-state index in [2.05, 4.69) is 18.3 Å². The monoisotopic (exact) mass is 364 g/mol. The largest absolute Gasteiger partial charge is 0.431 e. The summed E-state index contributed by atoms with van der Waals surface area (Å²) in [5.74, 6) is -0.328. The lowest BCUT2D eigenvalue weighted by molar-refractivity contribution is -0.141. The Bertz CT molecular complexity index is 902. The van der Waals surface area contributed by atoms with Crippen molar-refractivity contribution in [3.05, 3.63) is 68.6 Å². The highest BCUT2D eigenvalue weighted by molar-refractivity contribution is 5.94. The van der Waals surface area contributed by atoms with Crippen LogP contribution in [0.4, 0.5) is 13.2 Å². The number of pyridine rings is 1. The first-order valence-electron chi connectivity index (χ1n) is 8.36. The van der Waals surface area contributed by atoms with E-state index < -0.39 is 23.3 Å². The van der Waals surface area contributed by atoms with Crippen molar-refractivity contribution in [3.8, 4) is 0 Å². The zero-order valence-electron chi connectivity index (χ0n) is 14.4. The lowest BCUT2D eigenvalue weighted by atomic mass is 9.81. The molecule has 0 radical (unpaired) electrons. The average Bonchev–Trinajstić information content (AvgIpc) is 2.53. The molecule has 1 aliphatic carbocycles. The Morgan fingerprint density at radius 3 is 2.62 bits per heavy atom. The van der Waals surface area contributed by atoms with E-state index in [4.69, 9.17) is 0 Å². The fourth-order valence-electron chi connectivity index (χ4n) is 3.43. The lowest BCUT2D eigenvalue weighted by Gasteiger charge is -2.30. The van der Waals surface area contributed by atoms with Crippen molar-refractivity contribution >= 4 is 5.91 Å². The Balaban J connectivity index is 1.86. The van der Waals surface area contributed by atoms with E-state index in [1.807, 2.05) is 19.1 Å². The molecule has 0 bridgehead atoms. The van der Waals surface area contributed by atoms with Crippen molar-refractivity contribution in [1.29, 1.82) is 0 Å². The summed E-state index contributed by atoms with van der Waals surface area (Å²) >= 11 is 0. The number of carbonyl (C=O) groups is 1. The number of carbonyl (C=O) groups excluding carboxylic acids is 1. The summed E-state index contributed by atoms with van der Waals surface area (Å²) in [7, 11) is 0. The molecule has 1 heterocycles. The lowest BCUT2D eigenvalue weighted by Crippen LogP contribution is -2.36. The molecular formula is C19H19F3N2O2. The van der Waals surface area contributed by atoms with Gasteiger partial charge in [0.05, 0.1) is 6.04 Å². The van der Waals surface area contributed by atoms with Crippen LogP contribution in [0.2, 0.25) is 0 Å². The van der Waals surface area contributed by atoms with Crippen molar-refractivity contribution in [2.45, 2.75) is 38.9 Å². The maximum atomic E-state index is 12.6. The number of hydrogen-bond donors (Lipinski definition) is 2. The standard InChI is InChI=1S/C19H19F3N2O2/c1-10-3-4-13-12(7-10)8-11(2)9-15(13)23-17(25)14-5-6-16(19(20,21)22)24-18(14)26/h3-7,11,15H,8-9H2,1-2H3,(H,23,25)(H,24,26). The zero-order valence-corrected chi connectivity index (χ0v) is 14.4. The molecule has 4 nitrogen and oxygen atoms in total. The van der Waals surface area contributed by atoms with Crippen LogP contribution < -0.4 is 10.9 Å². The molecule has 0 saturated carbocycles. The van der Waals surface area contributed by atoms with Gasteiger partial charge in [-0.15, -0.1) is 0 Å². The van der Waals surface area contributed by atoms with Gasteiger partial charge in [0.2, 0.25) is 0 Å². The number of hydrogen-bond acceptors (Lipinski definition) is 2. The second-order valence-electron chi connectivity index (χ2n) is 6.89. The molecule has 0 fully saturated rings. The normalized spacial score (nSPS) is 19.7. The molecule has 1 amide bonds. The van der Waals surface area contributed by atoms with E-state index in [0.29, 0.717) is 18.4 Å². The minimum atomic E-state index is -4.66. The summed E-state index contributed by atoms with van der Waals surface area (Å²) in [4.78, 5) is 26.1. The summed E-state index contributed by atoms with van der Waals surface area (Å²) in [5.41, 5.74) is 0.712. The molecule has 2 N–H and O–H groups in total. The van der Waals surface area contributed by atoms with Gasteiger partial charge in [-0.25, -0.2) is 0 Å². The van der Waals surface area contributed by atoms with Crippen molar-refractivity contribution in [2.24, 2.45) is 5.92 Å². The van der Waals surface area contributed by atoms with Crippen LogP contribution in [0.5, 0.6) is 0 Å². The molecule has 0 spiro atoms. The van der Waals surface area contributed by atoms with Crippen LogP contribution in [0.3, 0.4) is 0 Å². The average molecular weight is 364 g/mol. The van der Waals surface area contributed by atoms with E-state index in [1.54, 1.807) is 4.98 Å². The highest BCUT2D eigenvalue weighted by Crippen LogP contribution is 2.33. The van der Waals surface area contributed by atoms with E-state index in [1.165, 1.54) is 0 Å². The van der Waals surface area contributed by atoms with E-state index in [0.717, 1.165) is 29.2 Å². The maximum Gasteiger partial charge on any atom is 0.431 e. The van der Waals surface area contributed by atoms with Crippen LogP contribution >= 0.6 is 0 Å². The Morgan fingerprint density at radius 2 is 1.96 bits per heavy atom. The van der Waals surface area contributed by atoms with Gasteiger partial charge >= 0.3 is 6.18 Å². The number of aromatic nitrogens is 1. The molecule has 1 aromatic heterocycles. The predicted octanol–water partition coefficient (Wildman–Crippen LogP) is 3.76. The number of aryl methyl sites for hydroxylation is 1. The van der Waals surface area contributed by atoms with Crippen LogP contribution in [0, 0.1) is 12.8 Å². The van der Waals surface area contributed by atoms with Crippen LogP contribution in [-0.2, 0) is 12.6 Å². The van der Waals surface area contributed by atoms with Crippen LogP contribution in [0.1, 0.15) is 52.1 Å². The number of rotatable bonds is 2. The Morgan fingerprint density at radius 1 is 1.23 bits per heavy atom. The van der Waals surface area contributed by atoms with Crippen molar-refractivity contribution < 1.29 is 18.0 Å². The number of nitrogens with one attached hydrogen (secondary N) is 2. The molecule has 0 aliphatic heterocycles. The molecule has 0 saturated heterocycles. The fourth-order valence-corrected chi connectivity index (χ4v) is 3.43. The topological polar surface area (TPSA) is 62.0 Å². The summed E-state index contributed by atoms with van der Waals surface area (Å²) in [5, 5.41) is 2.80. The molecule has 138 valence electrons. The van der Waals surface area contributed by atoms with E-state index in [-0.39, 0.29) is 11.6 Å². The highest BCUT2D eigenvalue weighted by Gasteiger charge is 2.33. The summed E-state index contributed by atoms with van der Waals surface area (Å²) in [6.45, 7) is 4.07. The first-order valence-corrected chi connectivity index (χ1v) is 8.36. The number of aromatic amines is 1. The predicted molar refractivity (Wildman–Crippen MR) is 90.9 cm³/mol. The van der Waals surface area contributed by atoms with Crippen molar-refractivity contribution in [1.82, 2.24) is 10.3 Å². The summed E-state index contributed by atoms with van der Waals surface area (Å²) in [6, 6.07) is 7.34. The summed E-state index contributed by atoms with van der Waals surface area (Å²) < 4.78 is 37.9. The first kappa shape index (κ1) is 18.2. The number of halogens is 3. The molecule has 26 heavy (non-hydrogen) atoms. The highest BCUT2D eigenvalue weighted by atomic mass is 19.4. The number of benzene rings is 1. The van der Waals surface area contributed by atoms with E-state index in [9.17, 15) is 22.8 Å². The number of amides is 1. The molecular weight excluding hydrogens is 345 g/mol. The SMILES string of the molecule is Cc1ccc2c(c1)CC(C)CC2NC(=O)c1ccc(C(F)(F)F)[nH]c1=O. The Labute approximate surface area is 148 Å². The number of alkyl halides is 3. The molecule has 1 aromatic carbocycles. The third-order valence-electron chi connectivity index (χ3n) is 4.65. The number of H-pyrrole nitrogens is 1. The van der Waals surface area contributed by atoms with Crippen LogP contribution in [0.25, 0.3) is 0 Å². The van der Waals surface area contributed by atoms with Gasteiger partial charge in [0.15, 0.2) is 0 Å². The van der Waals surface area contributed by atoms with Crippen LogP contribution in [-0.4, -0.2) is 10.9 Å². The molecule has 2 unspecified atom stereocenters. The molecule has 1 aliphatic rings. The smallest absolute Gasteiger partial charge is 0.345 e. The minimum Gasteiger partial charge on any atom is -0.345 e. The summed E-state index contributed by atoms with van der Waals surface area (Å²) in [6.07, 6.45) is -3.05. The van der Waals surface area contributed by atoms with Gasteiger partial charge in [0.1, 0.15) is 11.3 Å². The number of fused-ring (bicyclic) bond motifs is 1. The van der Waals surface area contributed by atoms with Gasteiger partial charge in [-0.2, -0.15) is 13.2 Å². The molecule has 3 rings (SSSR count). The van der Waals surface area contributed by atoms with Gasteiger partial charge in [-0.1, -0.05) is 30.7 Å². The van der Waals surface area contributed by atoms with Gasteiger partial charge in [0, 0.05) is 0 Å². The third kappa shape index (κ3) is 3.66. The van der Waals surface area contributed by atoms with Crippen molar-refractivity contribution in [3.63, 3.8) is 0 Å². The van der Waals surface area contributed by atoms with Crippen LogP contribution in [0.15, 0.2) is 35.1 Å². The second kappa shape index (κ2) is 6.63. The molecule has 2 aromatic rings. The Kier molecular flexibility index (Phi) is 4.64. The van der Waals surface area contributed by atoms with Gasteiger partial charge in [-0.05, 0) is 48.9 Å². The van der Waals surface area contributed by atoms with Gasteiger partial charge < -0.3 is 10.3 Å². The maximum absolute atomic E-state index is 12.6.